The molecule has 1 saturated carbocycles. The van der Waals surface area contributed by atoms with Gasteiger partial charge in [0, 0.05) is 12.6 Å². The lowest BCUT2D eigenvalue weighted by Gasteiger charge is -2.25. The monoisotopic (exact) mass is 250 g/mol. The van der Waals surface area contributed by atoms with Crippen molar-refractivity contribution in [3.8, 4) is 0 Å². The maximum absolute atomic E-state index is 5.84. The van der Waals surface area contributed by atoms with Gasteiger partial charge in [-0.05, 0) is 37.4 Å². The fourth-order valence-electron chi connectivity index (χ4n) is 2.27. The Hall–Kier alpha value is -0.800. The number of hydrogen-bond acceptors (Lipinski definition) is 3. The van der Waals surface area contributed by atoms with Gasteiger partial charge in [0.25, 0.3) is 0 Å². The third-order valence-corrected chi connectivity index (χ3v) is 3.03. The first-order valence-corrected chi connectivity index (χ1v) is 6.92. The van der Waals surface area contributed by atoms with Gasteiger partial charge < -0.3 is 9.73 Å². The Morgan fingerprint density at radius 1 is 1.28 bits per heavy atom. The van der Waals surface area contributed by atoms with Gasteiger partial charge in [0.1, 0.15) is 11.5 Å². The standard InChI is InChI=1S/C15H26N2O/c1-15(2,3)11-17(4)10-14-8-7-13(18-14)9-16-12-5-6-12/h7-8,12,16H,5-6,9-11H2,1-4H3. The largest absolute Gasteiger partial charge is 0.463 e. The van der Waals surface area contributed by atoms with Crippen LogP contribution in [-0.4, -0.2) is 24.5 Å². The lowest BCUT2D eigenvalue weighted by atomic mass is 9.96. The molecule has 3 nitrogen and oxygen atoms in total. The summed E-state index contributed by atoms with van der Waals surface area (Å²) in [5.41, 5.74) is 0.331. The van der Waals surface area contributed by atoms with Gasteiger partial charge in [-0.2, -0.15) is 0 Å². The lowest BCUT2D eigenvalue weighted by Crippen LogP contribution is -2.28. The molecule has 1 aliphatic rings. The smallest absolute Gasteiger partial charge is 0.118 e. The molecule has 1 N–H and O–H groups in total. The maximum Gasteiger partial charge on any atom is 0.118 e. The fourth-order valence-corrected chi connectivity index (χ4v) is 2.27. The summed E-state index contributed by atoms with van der Waals surface area (Å²) in [4.78, 5) is 2.32. The second-order valence-corrected chi connectivity index (χ2v) is 6.76. The van der Waals surface area contributed by atoms with Gasteiger partial charge in [-0.25, -0.2) is 0 Å². The molecule has 1 fully saturated rings. The van der Waals surface area contributed by atoms with Crippen molar-refractivity contribution in [3.63, 3.8) is 0 Å². The zero-order chi connectivity index (χ0) is 13.2. The fraction of sp³-hybridized carbons (Fsp3) is 0.733. The molecule has 0 bridgehead atoms. The second-order valence-electron chi connectivity index (χ2n) is 6.76. The average molecular weight is 250 g/mol. The predicted octanol–water partition coefficient (Wildman–Crippen LogP) is 3.01. The molecule has 2 rings (SSSR count). The van der Waals surface area contributed by atoms with Crippen molar-refractivity contribution >= 4 is 0 Å². The number of rotatable bonds is 6. The summed E-state index contributed by atoms with van der Waals surface area (Å²) in [6, 6.07) is 4.93. The van der Waals surface area contributed by atoms with Crippen LogP contribution in [0.3, 0.4) is 0 Å². The molecule has 1 aliphatic carbocycles. The van der Waals surface area contributed by atoms with Gasteiger partial charge in [0.2, 0.25) is 0 Å². The number of hydrogen-bond donors (Lipinski definition) is 1. The van der Waals surface area contributed by atoms with E-state index in [0.717, 1.165) is 37.2 Å². The number of nitrogens with zero attached hydrogens (tertiary/aromatic N) is 1. The summed E-state index contributed by atoms with van der Waals surface area (Å²) < 4.78 is 5.84. The third-order valence-electron chi connectivity index (χ3n) is 3.03. The van der Waals surface area contributed by atoms with Crippen molar-refractivity contribution in [3.05, 3.63) is 23.7 Å². The van der Waals surface area contributed by atoms with E-state index in [1.807, 2.05) is 0 Å². The molecule has 18 heavy (non-hydrogen) atoms. The van der Waals surface area contributed by atoms with Crippen LogP contribution in [0.15, 0.2) is 16.5 Å². The zero-order valence-corrected chi connectivity index (χ0v) is 12.1. The van der Waals surface area contributed by atoms with Crippen molar-refractivity contribution in [2.75, 3.05) is 13.6 Å². The Kier molecular flexibility index (Phi) is 4.13. The van der Waals surface area contributed by atoms with E-state index < -0.39 is 0 Å². The highest BCUT2D eigenvalue weighted by molar-refractivity contribution is 5.07. The molecular formula is C15H26N2O. The Morgan fingerprint density at radius 3 is 2.56 bits per heavy atom. The highest BCUT2D eigenvalue weighted by atomic mass is 16.3. The molecule has 1 aromatic heterocycles. The molecule has 0 amide bonds. The summed E-state index contributed by atoms with van der Waals surface area (Å²) in [5, 5.41) is 3.47. The molecule has 0 aromatic carbocycles. The summed E-state index contributed by atoms with van der Waals surface area (Å²) in [7, 11) is 2.15. The highest BCUT2D eigenvalue weighted by Crippen LogP contribution is 2.20. The Labute approximate surface area is 111 Å². The van der Waals surface area contributed by atoms with Gasteiger partial charge in [-0.1, -0.05) is 20.8 Å². The minimum atomic E-state index is 0.331. The Bertz CT molecular complexity index is 374. The van der Waals surface area contributed by atoms with E-state index in [0.29, 0.717) is 5.41 Å². The van der Waals surface area contributed by atoms with Crippen molar-refractivity contribution in [2.45, 2.75) is 52.7 Å². The predicted molar refractivity (Wildman–Crippen MR) is 74.4 cm³/mol. The first-order valence-electron chi connectivity index (χ1n) is 6.92. The van der Waals surface area contributed by atoms with Gasteiger partial charge in [0.15, 0.2) is 0 Å². The van der Waals surface area contributed by atoms with Gasteiger partial charge in [-0.3, -0.25) is 4.90 Å². The van der Waals surface area contributed by atoms with E-state index in [2.05, 4.69) is 50.2 Å². The maximum atomic E-state index is 5.84. The average Bonchev–Trinajstić information content (AvgIpc) is 2.94. The first kappa shape index (κ1) is 13.6. The van der Waals surface area contributed by atoms with Crippen LogP contribution in [0.1, 0.15) is 45.1 Å². The van der Waals surface area contributed by atoms with Gasteiger partial charge >= 0.3 is 0 Å². The Balaban J connectivity index is 1.77. The normalized spacial score (nSPS) is 16.5. The summed E-state index contributed by atoms with van der Waals surface area (Å²) >= 11 is 0. The van der Waals surface area contributed by atoms with Gasteiger partial charge in [-0.15, -0.1) is 0 Å². The molecule has 0 radical (unpaired) electrons. The van der Waals surface area contributed by atoms with Crippen LogP contribution in [0.2, 0.25) is 0 Å². The highest BCUT2D eigenvalue weighted by Gasteiger charge is 2.20. The van der Waals surface area contributed by atoms with Crippen LogP contribution >= 0.6 is 0 Å². The molecular weight excluding hydrogens is 224 g/mol. The molecule has 3 heteroatoms. The molecule has 0 atom stereocenters. The molecule has 0 aliphatic heterocycles. The molecule has 1 aromatic rings. The van der Waals surface area contributed by atoms with Crippen LogP contribution < -0.4 is 5.32 Å². The Morgan fingerprint density at radius 2 is 1.94 bits per heavy atom. The zero-order valence-electron chi connectivity index (χ0n) is 12.1. The second kappa shape index (κ2) is 5.45. The van der Waals surface area contributed by atoms with Crippen molar-refractivity contribution in [2.24, 2.45) is 5.41 Å². The van der Waals surface area contributed by atoms with Crippen LogP contribution in [0.25, 0.3) is 0 Å². The molecule has 0 saturated heterocycles. The SMILES string of the molecule is CN(Cc1ccc(CNC2CC2)o1)CC(C)(C)C. The van der Waals surface area contributed by atoms with E-state index in [1.54, 1.807) is 0 Å². The minimum Gasteiger partial charge on any atom is -0.463 e. The molecule has 0 spiro atoms. The third kappa shape index (κ3) is 4.83. The van der Waals surface area contributed by atoms with Crippen LogP contribution in [0, 0.1) is 5.41 Å². The number of furan rings is 1. The van der Waals surface area contributed by atoms with Crippen molar-refractivity contribution < 1.29 is 4.42 Å². The topological polar surface area (TPSA) is 28.4 Å². The lowest BCUT2D eigenvalue weighted by molar-refractivity contribution is 0.206. The van der Waals surface area contributed by atoms with Crippen molar-refractivity contribution in [1.82, 2.24) is 10.2 Å². The summed E-state index contributed by atoms with van der Waals surface area (Å²) in [5.74, 6) is 2.12. The van der Waals surface area contributed by atoms with E-state index in [4.69, 9.17) is 4.42 Å². The van der Waals surface area contributed by atoms with Crippen molar-refractivity contribution in [1.29, 1.82) is 0 Å². The number of nitrogens with one attached hydrogen (secondary N) is 1. The summed E-state index contributed by atoms with van der Waals surface area (Å²) in [6.07, 6.45) is 2.64. The van der Waals surface area contributed by atoms with Gasteiger partial charge in [0.05, 0.1) is 13.1 Å². The van der Waals surface area contributed by atoms with Crippen LogP contribution in [0.4, 0.5) is 0 Å². The quantitative estimate of drug-likeness (QED) is 0.841. The van der Waals surface area contributed by atoms with E-state index in [9.17, 15) is 0 Å². The van der Waals surface area contributed by atoms with Crippen LogP contribution in [0.5, 0.6) is 0 Å². The first-order chi connectivity index (χ1) is 8.42. The summed E-state index contributed by atoms with van der Waals surface area (Å²) in [6.45, 7) is 9.61. The van der Waals surface area contributed by atoms with E-state index >= 15 is 0 Å². The molecule has 0 unspecified atom stereocenters. The van der Waals surface area contributed by atoms with E-state index in [-0.39, 0.29) is 0 Å². The molecule has 102 valence electrons. The minimum absolute atomic E-state index is 0.331. The van der Waals surface area contributed by atoms with Crippen LogP contribution in [-0.2, 0) is 13.1 Å². The van der Waals surface area contributed by atoms with E-state index in [1.165, 1.54) is 12.8 Å². The molecule has 1 heterocycles.